The maximum Gasteiger partial charge on any atom is 0.305 e. The first-order valence-electron chi connectivity index (χ1n) is 5.23. The fourth-order valence-electron chi connectivity index (χ4n) is 1.54. The number of carbonyl (C=O) groups is 1. The topological polar surface area (TPSA) is 109 Å². The summed E-state index contributed by atoms with van der Waals surface area (Å²) in [5.74, 6) is -0.909. The molecule has 0 atom stereocenters. The molecule has 0 spiro atoms. The molecule has 0 amide bonds. The minimum absolute atomic E-state index is 0.0177. The molecule has 1 rings (SSSR count). The fourth-order valence-corrected chi connectivity index (χ4v) is 2.06. The van der Waals surface area contributed by atoms with Crippen LogP contribution in [-0.2, 0) is 14.8 Å². The van der Waals surface area contributed by atoms with Crippen LogP contribution in [0.25, 0.3) is 0 Å². The molecule has 6 nitrogen and oxygen atoms in total. The van der Waals surface area contributed by atoms with Crippen molar-refractivity contribution in [1.29, 1.82) is 0 Å². The van der Waals surface area contributed by atoms with Gasteiger partial charge in [-0.05, 0) is 38.1 Å². The van der Waals surface area contributed by atoms with E-state index in [2.05, 4.69) is 5.32 Å². The summed E-state index contributed by atoms with van der Waals surface area (Å²) in [6, 6.07) is 5.83. The molecule has 1 aromatic carbocycles. The number of primary sulfonamides is 1. The van der Waals surface area contributed by atoms with Gasteiger partial charge in [-0.1, -0.05) is 0 Å². The highest BCUT2D eigenvalue weighted by atomic mass is 32.2. The van der Waals surface area contributed by atoms with Gasteiger partial charge in [-0.25, -0.2) is 13.6 Å². The van der Waals surface area contributed by atoms with Gasteiger partial charge in [0, 0.05) is 11.2 Å². The molecular formula is C11H16N2O4S. The largest absolute Gasteiger partial charge is 0.481 e. The van der Waals surface area contributed by atoms with Gasteiger partial charge >= 0.3 is 5.97 Å². The second kappa shape index (κ2) is 4.95. The summed E-state index contributed by atoms with van der Waals surface area (Å²) < 4.78 is 22.1. The van der Waals surface area contributed by atoms with Gasteiger partial charge in [0.15, 0.2) is 0 Å². The van der Waals surface area contributed by atoms with Gasteiger partial charge in [-0.2, -0.15) is 0 Å². The predicted molar refractivity (Wildman–Crippen MR) is 67.8 cm³/mol. The second-order valence-corrected chi connectivity index (χ2v) is 6.21. The Morgan fingerprint density at radius 1 is 1.33 bits per heavy atom. The van der Waals surface area contributed by atoms with Crippen LogP contribution in [0.3, 0.4) is 0 Å². The number of aliphatic carboxylic acids is 1. The summed E-state index contributed by atoms with van der Waals surface area (Å²) in [4.78, 5) is 10.7. The standard InChI is InChI=1S/C11H16N2O4S/c1-11(2,7-10(14)15)13-8-3-5-9(6-4-8)18(12,16)17/h3-6,13H,7H2,1-2H3,(H,14,15)(H2,12,16,17). The number of hydrogen-bond donors (Lipinski definition) is 3. The van der Waals surface area contributed by atoms with E-state index in [0.717, 1.165) is 0 Å². The van der Waals surface area contributed by atoms with Gasteiger partial charge in [-0.15, -0.1) is 0 Å². The first kappa shape index (κ1) is 14.5. The zero-order valence-electron chi connectivity index (χ0n) is 10.2. The highest BCUT2D eigenvalue weighted by Crippen LogP contribution is 2.19. The SMILES string of the molecule is CC(C)(CC(=O)O)Nc1ccc(S(N)(=O)=O)cc1. The lowest BCUT2D eigenvalue weighted by Gasteiger charge is -2.25. The van der Waals surface area contributed by atoms with Crippen LogP contribution in [0.15, 0.2) is 29.2 Å². The van der Waals surface area contributed by atoms with E-state index in [-0.39, 0.29) is 11.3 Å². The molecule has 0 heterocycles. The molecule has 4 N–H and O–H groups in total. The molecule has 7 heteroatoms. The molecule has 0 radical (unpaired) electrons. The highest BCUT2D eigenvalue weighted by molar-refractivity contribution is 7.89. The third kappa shape index (κ3) is 4.34. The molecule has 0 aromatic heterocycles. The smallest absolute Gasteiger partial charge is 0.305 e. The van der Waals surface area contributed by atoms with Crippen LogP contribution in [0.2, 0.25) is 0 Å². The monoisotopic (exact) mass is 272 g/mol. The van der Waals surface area contributed by atoms with Gasteiger partial charge in [0.1, 0.15) is 0 Å². The van der Waals surface area contributed by atoms with Gasteiger partial charge in [0.2, 0.25) is 10.0 Å². The predicted octanol–water partition coefficient (Wildman–Crippen LogP) is 0.999. The molecule has 0 aliphatic carbocycles. The average Bonchev–Trinajstić information content (AvgIpc) is 2.13. The van der Waals surface area contributed by atoms with Crippen molar-refractivity contribution >= 4 is 21.7 Å². The summed E-state index contributed by atoms with van der Waals surface area (Å²) in [6.45, 7) is 3.49. The summed E-state index contributed by atoms with van der Waals surface area (Å²) in [5, 5.41) is 16.7. The Morgan fingerprint density at radius 2 is 1.83 bits per heavy atom. The van der Waals surface area contributed by atoms with Crippen molar-refractivity contribution < 1.29 is 18.3 Å². The van der Waals surface area contributed by atoms with E-state index in [1.165, 1.54) is 12.1 Å². The van der Waals surface area contributed by atoms with Crippen molar-refractivity contribution in [2.75, 3.05) is 5.32 Å². The maximum atomic E-state index is 11.1. The third-order valence-electron chi connectivity index (χ3n) is 2.26. The first-order valence-corrected chi connectivity index (χ1v) is 6.78. The van der Waals surface area contributed by atoms with Gasteiger partial charge in [0.05, 0.1) is 11.3 Å². The molecule has 0 saturated carbocycles. The third-order valence-corrected chi connectivity index (χ3v) is 3.19. The minimum atomic E-state index is -3.70. The van der Waals surface area contributed by atoms with Crippen LogP contribution < -0.4 is 10.5 Å². The second-order valence-electron chi connectivity index (χ2n) is 4.65. The van der Waals surface area contributed by atoms with Crippen molar-refractivity contribution in [3.63, 3.8) is 0 Å². The number of nitrogens with one attached hydrogen (secondary N) is 1. The van der Waals surface area contributed by atoms with E-state index < -0.39 is 21.5 Å². The molecular weight excluding hydrogens is 256 g/mol. The van der Waals surface area contributed by atoms with Crippen LogP contribution in [-0.4, -0.2) is 25.0 Å². The van der Waals surface area contributed by atoms with E-state index in [0.29, 0.717) is 5.69 Å². The van der Waals surface area contributed by atoms with Crippen molar-refractivity contribution in [3.8, 4) is 0 Å². The van der Waals surface area contributed by atoms with E-state index in [9.17, 15) is 13.2 Å². The van der Waals surface area contributed by atoms with Crippen molar-refractivity contribution in [1.82, 2.24) is 0 Å². The summed E-state index contributed by atoms with van der Waals surface area (Å²) in [5.41, 5.74) is 0.00299. The normalized spacial score (nSPS) is 12.2. The van der Waals surface area contributed by atoms with E-state index in [1.807, 2.05) is 0 Å². The molecule has 0 unspecified atom stereocenters. The highest BCUT2D eigenvalue weighted by Gasteiger charge is 2.21. The Hall–Kier alpha value is -1.60. The number of carboxylic acids is 1. The lowest BCUT2D eigenvalue weighted by Crippen LogP contribution is -2.33. The Balaban J connectivity index is 2.84. The van der Waals surface area contributed by atoms with Gasteiger partial charge in [0.25, 0.3) is 0 Å². The average molecular weight is 272 g/mol. The van der Waals surface area contributed by atoms with Crippen LogP contribution in [0.1, 0.15) is 20.3 Å². The van der Waals surface area contributed by atoms with Gasteiger partial charge in [-0.3, -0.25) is 4.79 Å². The molecule has 1 aromatic rings. The van der Waals surface area contributed by atoms with E-state index >= 15 is 0 Å². The van der Waals surface area contributed by atoms with Crippen LogP contribution >= 0.6 is 0 Å². The first-order chi connectivity index (χ1) is 8.10. The minimum Gasteiger partial charge on any atom is -0.481 e. The van der Waals surface area contributed by atoms with E-state index in [4.69, 9.17) is 10.2 Å². The Morgan fingerprint density at radius 3 is 2.22 bits per heavy atom. The van der Waals surface area contributed by atoms with Crippen LogP contribution in [0.5, 0.6) is 0 Å². The molecule has 0 aliphatic rings. The number of anilines is 1. The summed E-state index contributed by atoms with van der Waals surface area (Å²) in [7, 11) is -3.70. The molecule has 18 heavy (non-hydrogen) atoms. The number of rotatable bonds is 5. The zero-order valence-corrected chi connectivity index (χ0v) is 11.0. The van der Waals surface area contributed by atoms with Gasteiger partial charge < -0.3 is 10.4 Å². The van der Waals surface area contributed by atoms with Crippen LogP contribution in [0.4, 0.5) is 5.69 Å². The molecule has 0 bridgehead atoms. The number of nitrogens with two attached hydrogens (primary N) is 1. The van der Waals surface area contributed by atoms with Crippen molar-refractivity contribution in [3.05, 3.63) is 24.3 Å². The quantitative estimate of drug-likeness (QED) is 0.740. The van der Waals surface area contributed by atoms with Crippen molar-refractivity contribution in [2.45, 2.75) is 30.7 Å². The Kier molecular flexibility index (Phi) is 3.98. The number of carboxylic acid groups (broad SMARTS) is 1. The lowest BCUT2D eigenvalue weighted by molar-refractivity contribution is -0.137. The molecule has 0 fully saturated rings. The lowest BCUT2D eigenvalue weighted by atomic mass is 10.0. The van der Waals surface area contributed by atoms with Crippen molar-refractivity contribution in [2.24, 2.45) is 5.14 Å². The number of sulfonamides is 1. The molecule has 0 saturated heterocycles. The molecule has 0 aliphatic heterocycles. The summed E-state index contributed by atoms with van der Waals surface area (Å²) in [6.07, 6.45) is -0.0516. The Labute approximate surface area is 106 Å². The maximum absolute atomic E-state index is 11.1. The summed E-state index contributed by atoms with van der Waals surface area (Å²) >= 11 is 0. The molecule has 100 valence electrons. The van der Waals surface area contributed by atoms with E-state index in [1.54, 1.807) is 26.0 Å². The number of hydrogen-bond acceptors (Lipinski definition) is 4. The zero-order chi connectivity index (χ0) is 14.0. The van der Waals surface area contributed by atoms with Crippen LogP contribution in [0, 0.1) is 0 Å². The number of benzene rings is 1. The Bertz CT molecular complexity index is 535. The fraction of sp³-hybridized carbons (Fsp3) is 0.364.